The minimum Gasteiger partial charge on any atom is -0.418 e. The van der Waals surface area contributed by atoms with Gasteiger partial charge in [0.2, 0.25) is 0 Å². The molecule has 0 radical (unpaired) electrons. The minimum atomic E-state index is -0.959. The zero-order chi connectivity index (χ0) is 13.8. The Morgan fingerprint density at radius 1 is 1.47 bits per heavy atom. The van der Waals surface area contributed by atoms with Crippen molar-refractivity contribution < 1.29 is 19.1 Å². The molecule has 0 fully saturated rings. The predicted molar refractivity (Wildman–Crippen MR) is 68.4 cm³/mol. The van der Waals surface area contributed by atoms with Crippen molar-refractivity contribution in [2.75, 3.05) is 0 Å². The van der Waals surface area contributed by atoms with Gasteiger partial charge in [0.25, 0.3) is 6.29 Å². The molecule has 1 amide bonds. The number of carbonyl (C=O) groups is 2. The molecule has 1 aromatic rings. The highest BCUT2D eigenvalue weighted by Gasteiger charge is 2.25. The van der Waals surface area contributed by atoms with E-state index in [1.807, 2.05) is 6.07 Å². The number of benzene rings is 1. The topological polar surface area (TPSA) is 64.6 Å². The summed E-state index contributed by atoms with van der Waals surface area (Å²) in [4.78, 5) is 22.6. The van der Waals surface area contributed by atoms with Crippen LogP contribution in [0.4, 0.5) is 4.79 Å². The summed E-state index contributed by atoms with van der Waals surface area (Å²) in [5.41, 5.74) is 1.19. The maximum Gasteiger partial charge on any atom is 0.410 e. The monoisotopic (exact) mass is 281 g/mol. The second-order valence-electron chi connectivity index (χ2n) is 3.97. The molecule has 1 N–H and O–H groups in total. The Labute approximate surface area is 115 Å². The molecule has 5 nitrogen and oxygen atoms in total. The highest BCUT2D eigenvalue weighted by atomic mass is 35.5. The van der Waals surface area contributed by atoms with Gasteiger partial charge >= 0.3 is 12.1 Å². The van der Waals surface area contributed by atoms with Crippen LogP contribution >= 0.6 is 11.6 Å². The molecule has 1 atom stereocenters. The van der Waals surface area contributed by atoms with E-state index < -0.39 is 18.4 Å². The fourth-order valence-electron chi connectivity index (χ4n) is 1.52. The number of alkyl carbamates (subject to hydrolysis) is 1. The van der Waals surface area contributed by atoms with Crippen LogP contribution in [-0.2, 0) is 20.8 Å². The zero-order valence-corrected chi connectivity index (χ0v) is 10.9. The van der Waals surface area contributed by atoms with Crippen LogP contribution < -0.4 is 5.32 Å². The molecule has 1 heterocycles. The number of amides is 1. The van der Waals surface area contributed by atoms with Crippen LogP contribution in [0.3, 0.4) is 0 Å². The Hall–Kier alpha value is -2.01. The van der Waals surface area contributed by atoms with E-state index in [1.54, 1.807) is 25.1 Å². The molecule has 1 aromatic carbocycles. The van der Waals surface area contributed by atoms with Crippen molar-refractivity contribution in [3.63, 3.8) is 0 Å². The van der Waals surface area contributed by atoms with Crippen LogP contribution in [0.1, 0.15) is 12.5 Å². The normalized spacial score (nSPS) is 17.7. The quantitative estimate of drug-likeness (QED) is 0.864. The van der Waals surface area contributed by atoms with Gasteiger partial charge in [-0.15, -0.1) is 0 Å². The Balaban J connectivity index is 1.83. The summed E-state index contributed by atoms with van der Waals surface area (Å²) in [5.74, 6) is -0.482. The lowest BCUT2D eigenvalue weighted by atomic mass is 10.2. The first-order chi connectivity index (χ1) is 9.06. The van der Waals surface area contributed by atoms with Gasteiger partial charge in [0.1, 0.15) is 0 Å². The lowest BCUT2D eigenvalue weighted by molar-refractivity contribution is -0.151. The highest BCUT2D eigenvalue weighted by Crippen LogP contribution is 2.15. The molecule has 0 aliphatic carbocycles. The lowest BCUT2D eigenvalue weighted by Crippen LogP contribution is -2.28. The summed E-state index contributed by atoms with van der Waals surface area (Å²) >= 11 is 5.95. The second kappa shape index (κ2) is 5.75. The van der Waals surface area contributed by atoms with Crippen LogP contribution in [0.5, 0.6) is 0 Å². The van der Waals surface area contributed by atoms with Crippen molar-refractivity contribution in [2.45, 2.75) is 19.8 Å². The number of rotatable bonds is 3. The predicted octanol–water partition coefficient (Wildman–Crippen LogP) is 2.40. The molecular weight excluding hydrogens is 270 g/mol. The molecule has 1 aliphatic rings. The van der Waals surface area contributed by atoms with Crippen LogP contribution in [-0.4, -0.2) is 18.4 Å². The molecule has 1 aliphatic heterocycles. The van der Waals surface area contributed by atoms with Crippen molar-refractivity contribution in [3.05, 3.63) is 46.5 Å². The third kappa shape index (κ3) is 3.48. The summed E-state index contributed by atoms with van der Waals surface area (Å²) in [6.45, 7) is 1.83. The van der Waals surface area contributed by atoms with Crippen LogP contribution in [0.25, 0.3) is 0 Å². The summed E-state index contributed by atoms with van der Waals surface area (Å²) in [6.07, 6.45) is -0.195. The molecule has 0 saturated carbocycles. The summed E-state index contributed by atoms with van der Waals surface area (Å²) in [5, 5.41) is 3.09. The number of hydrogen-bond donors (Lipinski definition) is 1. The Bertz CT molecular complexity index is 541. The van der Waals surface area contributed by atoms with Crippen molar-refractivity contribution in [3.8, 4) is 0 Å². The lowest BCUT2D eigenvalue weighted by Gasteiger charge is -2.11. The number of carbonyl (C=O) groups excluding carboxylic acids is 2. The van der Waals surface area contributed by atoms with Gasteiger partial charge in [0.05, 0.1) is 0 Å². The number of esters is 1. The second-order valence-corrected chi connectivity index (χ2v) is 4.38. The first-order valence-corrected chi connectivity index (χ1v) is 6.01. The third-order valence-electron chi connectivity index (χ3n) is 2.54. The van der Waals surface area contributed by atoms with Gasteiger partial charge in [-0.1, -0.05) is 29.8 Å². The number of nitrogens with one attached hydrogen (secondary N) is 1. The number of ether oxygens (including phenoxy) is 2. The Morgan fingerprint density at radius 2 is 2.21 bits per heavy atom. The number of hydrogen-bond acceptors (Lipinski definition) is 4. The van der Waals surface area contributed by atoms with Crippen LogP contribution in [0.15, 0.2) is 35.9 Å². The van der Waals surface area contributed by atoms with Crippen LogP contribution in [0.2, 0.25) is 5.02 Å². The van der Waals surface area contributed by atoms with Crippen molar-refractivity contribution in [2.24, 2.45) is 0 Å². The van der Waals surface area contributed by atoms with Crippen molar-refractivity contribution >= 4 is 23.7 Å². The molecule has 1 unspecified atom stereocenters. The van der Waals surface area contributed by atoms with Gasteiger partial charge in [0, 0.05) is 23.2 Å². The standard InChI is InChI=1S/C13H12ClNO4/c1-8-6-11(18-12(8)16)19-13(17)15-7-9-4-2-3-5-10(9)14/h2-6,11H,7H2,1H3,(H,15,17). The van der Waals surface area contributed by atoms with E-state index in [2.05, 4.69) is 5.32 Å². The summed E-state index contributed by atoms with van der Waals surface area (Å²) < 4.78 is 9.68. The van der Waals surface area contributed by atoms with Gasteiger partial charge in [0.15, 0.2) is 0 Å². The Morgan fingerprint density at radius 3 is 2.84 bits per heavy atom. The molecule has 0 bridgehead atoms. The minimum absolute atomic E-state index is 0.238. The van der Waals surface area contributed by atoms with Gasteiger partial charge in [-0.25, -0.2) is 9.59 Å². The van der Waals surface area contributed by atoms with E-state index >= 15 is 0 Å². The SMILES string of the molecule is CC1=CC(OC(=O)NCc2ccccc2Cl)OC1=O. The van der Waals surface area contributed by atoms with Crippen LogP contribution in [0, 0.1) is 0 Å². The first-order valence-electron chi connectivity index (χ1n) is 5.63. The molecule has 100 valence electrons. The van der Waals surface area contributed by atoms with Gasteiger partial charge in [-0.05, 0) is 18.6 Å². The van der Waals surface area contributed by atoms with Crippen molar-refractivity contribution in [1.29, 1.82) is 0 Å². The zero-order valence-electron chi connectivity index (χ0n) is 10.2. The van der Waals surface area contributed by atoms with E-state index in [0.29, 0.717) is 10.6 Å². The van der Waals surface area contributed by atoms with Gasteiger partial charge in [-0.2, -0.15) is 0 Å². The van der Waals surface area contributed by atoms with E-state index in [4.69, 9.17) is 21.1 Å². The summed E-state index contributed by atoms with van der Waals surface area (Å²) in [7, 11) is 0. The average molecular weight is 282 g/mol. The van der Waals surface area contributed by atoms with Gasteiger partial charge in [-0.3, -0.25) is 0 Å². The molecular formula is C13H12ClNO4. The largest absolute Gasteiger partial charge is 0.418 e. The van der Waals surface area contributed by atoms with E-state index in [-0.39, 0.29) is 6.54 Å². The average Bonchev–Trinajstić information content (AvgIpc) is 2.67. The molecule has 0 spiro atoms. The van der Waals surface area contributed by atoms with E-state index in [1.165, 1.54) is 6.08 Å². The van der Waals surface area contributed by atoms with E-state index in [0.717, 1.165) is 5.56 Å². The molecule has 0 saturated heterocycles. The highest BCUT2D eigenvalue weighted by molar-refractivity contribution is 6.31. The maximum atomic E-state index is 11.5. The first kappa shape index (κ1) is 13.4. The van der Waals surface area contributed by atoms with Crippen molar-refractivity contribution in [1.82, 2.24) is 5.32 Å². The van der Waals surface area contributed by atoms with Gasteiger partial charge < -0.3 is 14.8 Å². The molecule has 19 heavy (non-hydrogen) atoms. The molecule has 6 heteroatoms. The summed E-state index contributed by atoms with van der Waals surface area (Å²) in [6, 6.07) is 7.14. The molecule has 2 rings (SSSR count). The number of halogens is 1. The fourth-order valence-corrected chi connectivity index (χ4v) is 1.72. The third-order valence-corrected chi connectivity index (χ3v) is 2.90. The maximum absolute atomic E-state index is 11.5. The Kier molecular flexibility index (Phi) is 4.06. The fraction of sp³-hybridized carbons (Fsp3) is 0.231. The smallest absolute Gasteiger partial charge is 0.410 e. The van der Waals surface area contributed by atoms with E-state index in [9.17, 15) is 9.59 Å². The number of cyclic esters (lactones) is 1. The molecule has 0 aromatic heterocycles.